The molecular weight excluding hydrogens is 485 g/mol. The van der Waals surface area contributed by atoms with Crippen molar-refractivity contribution in [1.29, 1.82) is 0 Å². The van der Waals surface area contributed by atoms with Crippen LogP contribution in [0.5, 0.6) is 23.0 Å². The average Bonchev–Trinajstić information content (AvgIpc) is 3.05. The third-order valence-corrected chi connectivity index (χ3v) is 6.02. The average molecular weight is 510 g/mol. The van der Waals surface area contributed by atoms with Crippen molar-refractivity contribution in [2.75, 3.05) is 27.4 Å². The normalized spacial score (nSPS) is 17.2. The maximum Gasteiger partial charge on any atom is 0.295 e. The number of phenolic OH excluding ortho intramolecular Hbond substituents is 1. The number of amides is 1. The van der Waals surface area contributed by atoms with E-state index in [-0.39, 0.29) is 50.7 Å². The maximum absolute atomic E-state index is 13.1. The fourth-order valence-corrected chi connectivity index (χ4v) is 4.65. The molecule has 0 aromatic heterocycles. The fraction of sp³-hybridized carbons (Fsp3) is 0.333. The number of Topliss-reactive ketones (excluding diaryl/α,β-unsaturated/α-hetero) is 1. The molecule has 3 rings (SSSR count). The standard InChI is InChI=1S/C24H25Cl2NO7/c1-5-9-27-19(12-7-8-15(28)16(10-12)34-6-2)17(21(30)24(27)31)20(29)13-11-14(25)23(33-4)18(26)22(13)32-3/h7-8,10-11,19,28-29H,5-6,9H2,1-4H3/b20-17+. The minimum absolute atomic E-state index is 0.00153. The van der Waals surface area contributed by atoms with E-state index < -0.39 is 23.5 Å². The largest absolute Gasteiger partial charge is 0.507 e. The Labute approximate surface area is 207 Å². The van der Waals surface area contributed by atoms with E-state index in [9.17, 15) is 19.8 Å². The molecule has 1 heterocycles. The van der Waals surface area contributed by atoms with Crippen LogP contribution in [-0.2, 0) is 9.59 Å². The second-order valence-electron chi connectivity index (χ2n) is 7.44. The third kappa shape index (κ3) is 4.35. The van der Waals surface area contributed by atoms with Gasteiger partial charge in [0.2, 0.25) is 0 Å². The van der Waals surface area contributed by atoms with E-state index in [1.807, 2.05) is 6.92 Å². The SMILES string of the molecule is CCCN1C(=O)C(=O)/C(=C(/O)c2cc(Cl)c(OC)c(Cl)c2OC)C1c1ccc(O)c(OCC)c1. The number of nitrogens with zero attached hydrogens (tertiary/aromatic N) is 1. The summed E-state index contributed by atoms with van der Waals surface area (Å²) in [7, 11) is 2.72. The first-order valence-electron chi connectivity index (χ1n) is 10.6. The van der Waals surface area contributed by atoms with Crippen LogP contribution in [0.3, 0.4) is 0 Å². The zero-order chi connectivity index (χ0) is 25.2. The van der Waals surface area contributed by atoms with Gasteiger partial charge in [-0.2, -0.15) is 0 Å². The van der Waals surface area contributed by atoms with Crippen LogP contribution < -0.4 is 14.2 Å². The van der Waals surface area contributed by atoms with Crippen LogP contribution in [0.4, 0.5) is 0 Å². The summed E-state index contributed by atoms with van der Waals surface area (Å²) >= 11 is 12.6. The number of likely N-dealkylation sites (tertiary alicyclic amines) is 1. The zero-order valence-corrected chi connectivity index (χ0v) is 20.7. The Morgan fingerprint density at radius 3 is 2.35 bits per heavy atom. The number of ketones is 1. The summed E-state index contributed by atoms with van der Waals surface area (Å²) in [6, 6.07) is 4.93. The lowest BCUT2D eigenvalue weighted by molar-refractivity contribution is -0.139. The first-order chi connectivity index (χ1) is 16.2. The van der Waals surface area contributed by atoms with Gasteiger partial charge in [0.15, 0.2) is 23.0 Å². The molecule has 1 saturated heterocycles. The van der Waals surface area contributed by atoms with Crippen LogP contribution in [0, 0.1) is 0 Å². The second-order valence-corrected chi connectivity index (χ2v) is 8.22. The van der Waals surface area contributed by atoms with Gasteiger partial charge in [0.1, 0.15) is 10.8 Å². The summed E-state index contributed by atoms with van der Waals surface area (Å²) in [5.74, 6) is -1.86. The van der Waals surface area contributed by atoms with Crippen LogP contribution in [0.15, 0.2) is 29.8 Å². The van der Waals surface area contributed by atoms with E-state index in [2.05, 4.69) is 0 Å². The van der Waals surface area contributed by atoms with E-state index in [4.69, 9.17) is 37.4 Å². The highest BCUT2D eigenvalue weighted by molar-refractivity contribution is 6.47. The number of hydrogen-bond acceptors (Lipinski definition) is 7. The Balaban J connectivity index is 2.31. The van der Waals surface area contributed by atoms with E-state index in [0.29, 0.717) is 18.6 Å². The van der Waals surface area contributed by atoms with E-state index >= 15 is 0 Å². The van der Waals surface area contributed by atoms with Crippen LogP contribution in [0.25, 0.3) is 5.76 Å². The number of aliphatic hydroxyl groups is 1. The van der Waals surface area contributed by atoms with Crippen molar-refractivity contribution >= 4 is 40.7 Å². The summed E-state index contributed by atoms with van der Waals surface area (Å²) < 4.78 is 16.0. The lowest BCUT2D eigenvalue weighted by Gasteiger charge is -2.25. The molecule has 1 atom stereocenters. The smallest absolute Gasteiger partial charge is 0.295 e. The minimum Gasteiger partial charge on any atom is -0.507 e. The van der Waals surface area contributed by atoms with Crippen molar-refractivity contribution in [3.63, 3.8) is 0 Å². The third-order valence-electron chi connectivity index (χ3n) is 5.40. The highest BCUT2D eigenvalue weighted by Gasteiger charge is 2.46. The van der Waals surface area contributed by atoms with Crippen molar-refractivity contribution in [3.05, 3.63) is 51.0 Å². The molecule has 1 aliphatic rings. The Bertz CT molecular complexity index is 1160. The number of ether oxygens (including phenoxy) is 3. The van der Waals surface area contributed by atoms with Crippen LogP contribution in [0.1, 0.15) is 37.4 Å². The van der Waals surface area contributed by atoms with Gasteiger partial charge in [-0.3, -0.25) is 9.59 Å². The summed E-state index contributed by atoms with van der Waals surface area (Å²) in [5.41, 5.74) is 0.337. The fourth-order valence-electron chi connectivity index (χ4n) is 3.96. The zero-order valence-electron chi connectivity index (χ0n) is 19.1. The molecule has 0 spiro atoms. The van der Waals surface area contributed by atoms with Gasteiger partial charge >= 0.3 is 0 Å². The maximum atomic E-state index is 13.1. The van der Waals surface area contributed by atoms with Gasteiger partial charge in [0, 0.05) is 6.54 Å². The quantitative estimate of drug-likeness (QED) is 0.294. The van der Waals surface area contributed by atoms with Gasteiger partial charge in [-0.1, -0.05) is 36.2 Å². The Morgan fingerprint density at radius 2 is 1.76 bits per heavy atom. The molecule has 0 bridgehead atoms. The van der Waals surface area contributed by atoms with Crippen LogP contribution in [0.2, 0.25) is 10.0 Å². The summed E-state index contributed by atoms with van der Waals surface area (Å²) in [6.45, 7) is 4.19. The molecule has 2 aromatic carbocycles. The molecule has 1 fully saturated rings. The molecule has 1 aliphatic heterocycles. The topological polar surface area (TPSA) is 106 Å². The molecule has 8 nitrogen and oxygen atoms in total. The number of benzene rings is 2. The summed E-state index contributed by atoms with van der Waals surface area (Å²) in [5, 5.41) is 21.5. The number of halogens is 2. The van der Waals surface area contributed by atoms with Crippen molar-refractivity contribution < 1.29 is 34.0 Å². The molecule has 1 unspecified atom stereocenters. The number of aliphatic hydroxyl groups excluding tert-OH is 1. The first kappa shape index (κ1) is 25.5. The summed E-state index contributed by atoms with van der Waals surface area (Å²) in [4.78, 5) is 27.4. The number of carbonyl (C=O) groups excluding carboxylic acids is 2. The molecule has 0 saturated carbocycles. The van der Waals surface area contributed by atoms with E-state index in [1.165, 1.54) is 37.3 Å². The summed E-state index contributed by atoms with van der Waals surface area (Å²) in [6.07, 6.45) is 0.573. The van der Waals surface area contributed by atoms with E-state index in [1.54, 1.807) is 13.0 Å². The van der Waals surface area contributed by atoms with E-state index in [0.717, 1.165) is 0 Å². The number of phenols is 1. The number of hydrogen-bond donors (Lipinski definition) is 2. The Kier molecular flexibility index (Phi) is 7.84. The monoisotopic (exact) mass is 509 g/mol. The molecule has 1 amide bonds. The van der Waals surface area contributed by atoms with Crippen molar-refractivity contribution in [1.82, 2.24) is 4.90 Å². The highest BCUT2D eigenvalue weighted by atomic mass is 35.5. The number of rotatable bonds is 8. The van der Waals surface area contributed by atoms with Crippen LogP contribution in [-0.4, -0.2) is 54.2 Å². The van der Waals surface area contributed by atoms with Gasteiger partial charge in [-0.05, 0) is 37.1 Å². The van der Waals surface area contributed by atoms with Gasteiger partial charge in [-0.15, -0.1) is 0 Å². The van der Waals surface area contributed by atoms with Crippen molar-refractivity contribution in [3.8, 4) is 23.0 Å². The van der Waals surface area contributed by atoms with Crippen LogP contribution >= 0.6 is 23.2 Å². The number of aromatic hydroxyl groups is 1. The lowest BCUT2D eigenvalue weighted by Crippen LogP contribution is -2.30. The van der Waals surface area contributed by atoms with Gasteiger partial charge in [0.25, 0.3) is 11.7 Å². The number of methoxy groups -OCH3 is 2. The van der Waals surface area contributed by atoms with Crippen molar-refractivity contribution in [2.45, 2.75) is 26.3 Å². The molecule has 182 valence electrons. The molecule has 0 aliphatic carbocycles. The minimum atomic E-state index is -0.941. The predicted octanol–water partition coefficient (Wildman–Crippen LogP) is 4.95. The van der Waals surface area contributed by atoms with Crippen molar-refractivity contribution in [2.24, 2.45) is 0 Å². The number of carbonyl (C=O) groups is 2. The van der Waals surface area contributed by atoms with Gasteiger partial charge < -0.3 is 29.3 Å². The Hall–Kier alpha value is -3.10. The Morgan fingerprint density at radius 1 is 1.09 bits per heavy atom. The molecule has 2 N–H and O–H groups in total. The second kappa shape index (κ2) is 10.4. The molecule has 34 heavy (non-hydrogen) atoms. The highest BCUT2D eigenvalue weighted by Crippen LogP contribution is 2.47. The van der Waals surface area contributed by atoms with Gasteiger partial charge in [-0.25, -0.2) is 0 Å². The predicted molar refractivity (Wildman–Crippen MR) is 128 cm³/mol. The molecular formula is C24H25Cl2NO7. The van der Waals surface area contributed by atoms with Gasteiger partial charge in [0.05, 0.1) is 43.0 Å². The molecule has 0 radical (unpaired) electrons. The molecule has 2 aromatic rings. The first-order valence-corrected chi connectivity index (χ1v) is 11.3. The lowest BCUT2D eigenvalue weighted by atomic mass is 9.94. The molecule has 10 heteroatoms.